The third kappa shape index (κ3) is 6.14. The van der Waals surface area contributed by atoms with Crippen molar-refractivity contribution in [3.05, 3.63) is 83.7 Å². The van der Waals surface area contributed by atoms with Crippen molar-refractivity contribution in [1.82, 2.24) is 25.4 Å². The molecule has 2 N–H and O–H groups in total. The lowest BCUT2D eigenvalue weighted by atomic mass is 9.84. The molecule has 0 spiro atoms. The van der Waals surface area contributed by atoms with E-state index < -0.39 is 0 Å². The minimum absolute atomic E-state index is 0.216. The molecule has 3 aromatic rings. The van der Waals surface area contributed by atoms with Crippen LogP contribution in [0.3, 0.4) is 0 Å². The Balaban J connectivity index is 1.64. The van der Waals surface area contributed by atoms with Gasteiger partial charge in [-0.1, -0.05) is 50.2 Å². The molecule has 0 radical (unpaired) electrons. The standard InChI is InChI=1S/C23H29FN6/c1-4-26-22(28-15-23(2,3)20-9-6-10-21(24)12-20)27-13-18-7-5-8-19(11-18)14-30-17-25-16-29-30/h5-12,16-17H,4,13-15H2,1-3H3,(H2,26,27,28). The average molecular weight is 409 g/mol. The summed E-state index contributed by atoms with van der Waals surface area (Å²) in [4.78, 5) is 8.70. The first-order chi connectivity index (χ1) is 14.5. The lowest BCUT2D eigenvalue weighted by molar-refractivity contribution is 0.503. The summed E-state index contributed by atoms with van der Waals surface area (Å²) in [6.45, 7) is 8.84. The Morgan fingerprint density at radius 2 is 1.90 bits per heavy atom. The fraction of sp³-hybridized carbons (Fsp3) is 0.348. The topological polar surface area (TPSA) is 67.1 Å². The molecule has 0 bridgehead atoms. The van der Waals surface area contributed by atoms with Crippen LogP contribution in [0.5, 0.6) is 0 Å². The molecule has 158 valence electrons. The molecular weight excluding hydrogens is 379 g/mol. The number of nitrogens with zero attached hydrogens (tertiary/aromatic N) is 4. The van der Waals surface area contributed by atoms with Crippen LogP contribution >= 0.6 is 0 Å². The molecule has 0 saturated heterocycles. The molecule has 0 amide bonds. The first-order valence-corrected chi connectivity index (χ1v) is 10.1. The van der Waals surface area contributed by atoms with Crippen molar-refractivity contribution in [2.45, 2.75) is 39.3 Å². The molecule has 3 rings (SSSR count). The van der Waals surface area contributed by atoms with Crippen LogP contribution in [0.1, 0.15) is 37.5 Å². The SMILES string of the molecule is CCNC(=NCc1cccc(Cn2cncn2)c1)NCC(C)(C)c1cccc(F)c1. The van der Waals surface area contributed by atoms with Crippen LogP contribution in [0.15, 0.2) is 66.2 Å². The van der Waals surface area contributed by atoms with Gasteiger partial charge in [0.25, 0.3) is 0 Å². The number of guanidine groups is 1. The maximum atomic E-state index is 13.6. The highest BCUT2D eigenvalue weighted by molar-refractivity contribution is 5.79. The minimum Gasteiger partial charge on any atom is -0.357 e. The highest BCUT2D eigenvalue weighted by atomic mass is 19.1. The number of benzene rings is 2. The van der Waals surface area contributed by atoms with Gasteiger partial charge in [-0.25, -0.2) is 19.0 Å². The second-order valence-corrected chi connectivity index (χ2v) is 7.86. The molecule has 1 aromatic heterocycles. The highest BCUT2D eigenvalue weighted by Crippen LogP contribution is 2.22. The Hall–Kier alpha value is -3.22. The molecule has 30 heavy (non-hydrogen) atoms. The molecule has 0 saturated carbocycles. The van der Waals surface area contributed by atoms with Crippen molar-refractivity contribution in [2.24, 2.45) is 4.99 Å². The van der Waals surface area contributed by atoms with E-state index in [0.717, 1.165) is 29.2 Å². The predicted molar refractivity (Wildman–Crippen MR) is 118 cm³/mol. The van der Waals surface area contributed by atoms with E-state index in [1.54, 1.807) is 23.1 Å². The monoisotopic (exact) mass is 408 g/mol. The van der Waals surface area contributed by atoms with Crippen LogP contribution in [-0.2, 0) is 18.5 Å². The first-order valence-electron chi connectivity index (χ1n) is 10.1. The third-order valence-electron chi connectivity index (χ3n) is 4.87. The van der Waals surface area contributed by atoms with Crippen LogP contribution in [0.2, 0.25) is 0 Å². The fourth-order valence-electron chi connectivity index (χ4n) is 3.16. The third-order valence-corrected chi connectivity index (χ3v) is 4.87. The summed E-state index contributed by atoms with van der Waals surface area (Å²) < 4.78 is 15.4. The molecule has 2 aromatic carbocycles. The molecule has 1 heterocycles. The zero-order valence-corrected chi connectivity index (χ0v) is 17.8. The van der Waals surface area contributed by atoms with Gasteiger partial charge in [-0.05, 0) is 35.7 Å². The Kier molecular flexibility index (Phi) is 7.17. The van der Waals surface area contributed by atoms with E-state index in [2.05, 4.69) is 52.8 Å². The van der Waals surface area contributed by atoms with E-state index in [1.807, 2.05) is 19.1 Å². The second kappa shape index (κ2) is 10.0. The summed E-state index contributed by atoms with van der Waals surface area (Å²) in [7, 11) is 0. The van der Waals surface area contributed by atoms with Gasteiger partial charge in [0.15, 0.2) is 5.96 Å². The van der Waals surface area contributed by atoms with Crippen molar-refractivity contribution in [2.75, 3.05) is 13.1 Å². The number of aromatic nitrogens is 3. The van der Waals surface area contributed by atoms with Crippen LogP contribution in [0.25, 0.3) is 0 Å². The van der Waals surface area contributed by atoms with Crippen molar-refractivity contribution < 1.29 is 4.39 Å². The summed E-state index contributed by atoms with van der Waals surface area (Å²) in [5.41, 5.74) is 2.98. The Labute approximate surface area is 177 Å². The Morgan fingerprint density at radius 3 is 2.63 bits per heavy atom. The number of rotatable bonds is 8. The molecule has 6 nitrogen and oxygen atoms in total. The van der Waals surface area contributed by atoms with E-state index in [0.29, 0.717) is 19.6 Å². The van der Waals surface area contributed by atoms with Gasteiger partial charge in [-0.2, -0.15) is 5.10 Å². The largest absolute Gasteiger partial charge is 0.357 e. The van der Waals surface area contributed by atoms with Gasteiger partial charge in [-0.3, -0.25) is 0 Å². The van der Waals surface area contributed by atoms with Gasteiger partial charge < -0.3 is 10.6 Å². The highest BCUT2D eigenvalue weighted by Gasteiger charge is 2.21. The summed E-state index contributed by atoms with van der Waals surface area (Å²) in [5.74, 6) is 0.524. The van der Waals surface area contributed by atoms with Crippen molar-refractivity contribution in [1.29, 1.82) is 0 Å². The molecule has 0 unspecified atom stereocenters. The van der Waals surface area contributed by atoms with Crippen LogP contribution in [0, 0.1) is 5.82 Å². The van der Waals surface area contributed by atoms with Crippen LogP contribution in [-0.4, -0.2) is 33.8 Å². The second-order valence-electron chi connectivity index (χ2n) is 7.86. The normalized spacial score (nSPS) is 12.1. The zero-order valence-electron chi connectivity index (χ0n) is 17.8. The number of nitrogens with one attached hydrogen (secondary N) is 2. The van der Waals surface area contributed by atoms with E-state index in [1.165, 1.54) is 12.4 Å². The predicted octanol–water partition coefficient (Wildman–Crippen LogP) is 3.50. The van der Waals surface area contributed by atoms with Gasteiger partial charge in [-0.15, -0.1) is 0 Å². The maximum Gasteiger partial charge on any atom is 0.191 e. The van der Waals surface area contributed by atoms with Gasteiger partial charge in [0, 0.05) is 18.5 Å². The van der Waals surface area contributed by atoms with Crippen LogP contribution in [0.4, 0.5) is 4.39 Å². The van der Waals surface area contributed by atoms with Crippen molar-refractivity contribution >= 4 is 5.96 Å². The smallest absolute Gasteiger partial charge is 0.191 e. The summed E-state index contributed by atoms with van der Waals surface area (Å²) in [6.07, 6.45) is 3.24. The van der Waals surface area contributed by atoms with Crippen molar-refractivity contribution in [3.8, 4) is 0 Å². The quantitative estimate of drug-likeness (QED) is 0.442. The number of halogens is 1. The van der Waals surface area contributed by atoms with E-state index in [-0.39, 0.29) is 11.2 Å². The van der Waals surface area contributed by atoms with Gasteiger partial charge in [0.1, 0.15) is 18.5 Å². The molecule has 0 aliphatic carbocycles. The van der Waals surface area contributed by atoms with Crippen molar-refractivity contribution in [3.63, 3.8) is 0 Å². The van der Waals surface area contributed by atoms with Crippen LogP contribution < -0.4 is 10.6 Å². The maximum absolute atomic E-state index is 13.6. The molecule has 0 aliphatic rings. The summed E-state index contributed by atoms with van der Waals surface area (Å²) >= 11 is 0. The minimum atomic E-state index is -0.240. The average Bonchev–Trinajstić information content (AvgIpc) is 3.23. The number of hydrogen-bond donors (Lipinski definition) is 2. The first kappa shape index (κ1) is 21.5. The van der Waals surface area contributed by atoms with Gasteiger partial charge in [0.2, 0.25) is 0 Å². The molecular formula is C23H29FN6. The Morgan fingerprint density at radius 1 is 1.10 bits per heavy atom. The van der Waals surface area contributed by atoms with E-state index >= 15 is 0 Å². The summed E-state index contributed by atoms with van der Waals surface area (Å²) in [6, 6.07) is 15.1. The van der Waals surface area contributed by atoms with E-state index in [9.17, 15) is 4.39 Å². The zero-order chi connectivity index (χ0) is 21.4. The van der Waals surface area contributed by atoms with Gasteiger partial charge in [0.05, 0.1) is 13.1 Å². The molecule has 0 aliphatic heterocycles. The Bertz CT molecular complexity index is 965. The van der Waals surface area contributed by atoms with E-state index in [4.69, 9.17) is 4.99 Å². The lowest BCUT2D eigenvalue weighted by Crippen LogP contribution is -2.43. The fourth-order valence-corrected chi connectivity index (χ4v) is 3.16. The summed E-state index contributed by atoms with van der Waals surface area (Å²) in [5, 5.41) is 10.8. The van der Waals surface area contributed by atoms with Gasteiger partial charge >= 0.3 is 0 Å². The molecule has 7 heteroatoms. The molecule has 0 fully saturated rings. The molecule has 0 atom stereocenters. The lowest BCUT2D eigenvalue weighted by Gasteiger charge is -2.27. The number of aliphatic imine (C=N–C) groups is 1. The number of hydrogen-bond acceptors (Lipinski definition) is 3.